The molecule has 7 heteroatoms. The summed E-state index contributed by atoms with van der Waals surface area (Å²) in [6.45, 7) is 0.923. The lowest BCUT2D eigenvalue weighted by Gasteiger charge is -2.28. The van der Waals surface area contributed by atoms with Crippen LogP contribution in [0.15, 0.2) is 24.3 Å². The van der Waals surface area contributed by atoms with Crippen LogP contribution >= 0.6 is 12.4 Å². The summed E-state index contributed by atoms with van der Waals surface area (Å²) in [4.78, 5) is 0. The highest BCUT2D eigenvalue weighted by atomic mass is 35.5. The summed E-state index contributed by atoms with van der Waals surface area (Å²) < 4.78 is 52.9. The molecule has 1 atom stereocenters. The van der Waals surface area contributed by atoms with Crippen molar-refractivity contribution in [3.63, 3.8) is 0 Å². The Hall–Kier alpha value is -1.01. The monoisotopic (exact) mass is 285 g/mol. The highest BCUT2D eigenvalue weighted by Crippen LogP contribution is 2.29. The van der Waals surface area contributed by atoms with E-state index in [4.69, 9.17) is 0 Å². The first-order valence-electron chi connectivity index (χ1n) is 5.17. The van der Waals surface area contributed by atoms with Gasteiger partial charge < -0.3 is 10.1 Å². The number of hydrogen-bond donors (Lipinski definition) is 1. The first-order chi connectivity index (χ1) is 7.99. The second kappa shape index (κ2) is 5.75. The normalized spacial score (nSPS) is 19.1. The van der Waals surface area contributed by atoms with Crippen molar-refractivity contribution in [2.75, 3.05) is 6.54 Å². The SMILES string of the molecule is Cl.FC(F)C(F)(F)Oc1ccc([C@@H]2CCN2)cc1. The van der Waals surface area contributed by atoms with Crippen molar-refractivity contribution in [1.82, 2.24) is 5.32 Å². The molecule has 2 nitrogen and oxygen atoms in total. The summed E-state index contributed by atoms with van der Waals surface area (Å²) in [5.74, 6) is -0.265. The Balaban J connectivity index is 0.00000162. The molecule has 0 unspecified atom stereocenters. The molecule has 1 N–H and O–H groups in total. The second-order valence-electron chi connectivity index (χ2n) is 3.83. The average Bonchev–Trinajstić information content (AvgIpc) is 2.17. The van der Waals surface area contributed by atoms with Crippen LogP contribution in [0.4, 0.5) is 17.6 Å². The van der Waals surface area contributed by atoms with Gasteiger partial charge >= 0.3 is 12.5 Å². The second-order valence-corrected chi connectivity index (χ2v) is 3.83. The largest absolute Gasteiger partial charge is 0.461 e. The molecular formula is C11H12ClF4NO. The van der Waals surface area contributed by atoms with Gasteiger partial charge in [-0.25, -0.2) is 0 Å². The molecule has 0 saturated carbocycles. The fourth-order valence-corrected chi connectivity index (χ4v) is 1.54. The maximum Gasteiger partial charge on any atom is 0.461 e. The van der Waals surface area contributed by atoms with Crippen LogP contribution in [0.5, 0.6) is 5.75 Å². The van der Waals surface area contributed by atoms with E-state index in [0.717, 1.165) is 18.5 Å². The summed E-state index contributed by atoms with van der Waals surface area (Å²) in [6.07, 6.45) is -7.31. The van der Waals surface area contributed by atoms with E-state index in [1.165, 1.54) is 12.1 Å². The van der Waals surface area contributed by atoms with E-state index in [1.807, 2.05) is 0 Å². The van der Waals surface area contributed by atoms with Crippen molar-refractivity contribution >= 4 is 12.4 Å². The van der Waals surface area contributed by atoms with E-state index < -0.39 is 12.5 Å². The Morgan fingerprint density at radius 1 is 1.22 bits per heavy atom. The molecule has 18 heavy (non-hydrogen) atoms. The summed E-state index contributed by atoms with van der Waals surface area (Å²) >= 11 is 0. The fraction of sp³-hybridized carbons (Fsp3) is 0.455. The molecule has 0 spiro atoms. The molecule has 2 rings (SSSR count). The number of benzene rings is 1. The Kier molecular flexibility index (Phi) is 4.81. The fourth-order valence-electron chi connectivity index (χ4n) is 1.54. The minimum atomic E-state index is -4.45. The van der Waals surface area contributed by atoms with E-state index in [1.54, 1.807) is 12.1 Å². The minimum absolute atomic E-state index is 0. The molecule has 1 aromatic rings. The molecule has 1 aromatic carbocycles. The van der Waals surface area contributed by atoms with Crippen molar-refractivity contribution in [3.8, 4) is 5.75 Å². The smallest absolute Gasteiger partial charge is 0.428 e. The Morgan fingerprint density at radius 2 is 1.78 bits per heavy atom. The minimum Gasteiger partial charge on any atom is -0.428 e. The van der Waals surface area contributed by atoms with Crippen molar-refractivity contribution < 1.29 is 22.3 Å². The lowest BCUT2D eigenvalue weighted by atomic mass is 9.98. The van der Waals surface area contributed by atoms with E-state index in [0.29, 0.717) is 0 Å². The Labute approximate surface area is 108 Å². The lowest BCUT2D eigenvalue weighted by Crippen LogP contribution is -2.35. The van der Waals surface area contributed by atoms with Gasteiger partial charge in [0.25, 0.3) is 0 Å². The Bertz CT molecular complexity index is 381. The van der Waals surface area contributed by atoms with Gasteiger partial charge in [0.15, 0.2) is 0 Å². The number of alkyl halides is 4. The zero-order valence-corrected chi connectivity index (χ0v) is 10.0. The van der Waals surface area contributed by atoms with Crippen LogP contribution in [0, 0.1) is 0 Å². The third-order valence-corrected chi connectivity index (χ3v) is 2.61. The lowest BCUT2D eigenvalue weighted by molar-refractivity contribution is -0.253. The van der Waals surface area contributed by atoms with Crippen LogP contribution in [0.25, 0.3) is 0 Å². The van der Waals surface area contributed by atoms with Gasteiger partial charge in [-0.2, -0.15) is 17.6 Å². The van der Waals surface area contributed by atoms with Crippen LogP contribution in [-0.2, 0) is 0 Å². The van der Waals surface area contributed by atoms with Crippen molar-refractivity contribution in [2.24, 2.45) is 0 Å². The van der Waals surface area contributed by atoms with E-state index in [-0.39, 0.29) is 24.2 Å². The molecule has 102 valence electrons. The van der Waals surface area contributed by atoms with Gasteiger partial charge in [-0.05, 0) is 30.7 Å². The molecular weight excluding hydrogens is 274 g/mol. The third-order valence-electron chi connectivity index (χ3n) is 2.61. The predicted octanol–water partition coefficient (Wildman–Crippen LogP) is 3.38. The van der Waals surface area contributed by atoms with Crippen molar-refractivity contribution in [1.29, 1.82) is 0 Å². The molecule has 1 aliphatic rings. The number of nitrogens with one attached hydrogen (secondary N) is 1. The number of rotatable bonds is 4. The molecule has 1 aliphatic heterocycles. The zero-order valence-electron chi connectivity index (χ0n) is 9.21. The van der Waals surface area contributed by atoms with Crippen LogP contribution in [-0.4, -0.2) is 19.1 Å². The van der Waals surface area contributed by atoms with Crippen LogP contribution < -0.4 is 10.1 Å². The van der Waals surface area contributed by atoms with Gasteiger partial charge in [-0.1, -0.05) is 12.1 Å². The van der Waals surface area contributed by atoms with Crippen LogP contribution in [0.2, 0.25) is 0 Å². The molecule has 0 aliphatic carbocycles. The van der Waals surface area contributed by atoms with E-state index >= 15 is 0 Å². The number of hydrogen-bond acceptors (Lipinski definition) is 2. The van der Waals surface area contributed by atoms with Crippen LogP contribution in [0.3, 0.4) is 0 Å². The van der Waals surface area contributed by atoms with Gasteiger partial charge in [0.1, 0.15) is 5.75 Å². The molecule has 1 heterocycles. The van der Waals surface area contributed by atoms with Crippen LogP contribution in [0.1, 0.15) is 18.0 Å². The average molecular weight is 286 g/mol. The van der Waals surface area contributed by atoms with Gasteiger partial charge in [0, 0.05) is 6.04 Å². The zero-order chi connectivity index (χ0) is 12.5. The highest BCUT2D eigenvalue weighted by Gasteiger charge is 2.43. The third kappa shape index (κ3) is 3.26. The maximum atomic E-state index is 12.6. The summed E-state index contributed by atoms with van der Waals surface area (Å²) in [5.41, 5.74) is 0.934. The quantitative estimate of drug-likeness (QED) is 0.856. The first-order valence-corrected chi connectivity index (χ1v) is 5.17. The summed E-state index contributed by atoms with van der Waals surface area (Å²) in [5, 5.41) is 3.14. The van der Waals surface area contributed by atoms with Crippen molar-refractivity contribution in [3.05, 3.63) is 29.8 Å². The highest BCUT2D eigenvalue weighted by molar-refractivity contribution is 5.85. The molecule has 0 aromatic heterocycles. The summed E-state index contributed by atoms with van der Waals surface area (Å²) in [7, 11) is 0. The molecule has 0 radical (unpaired) electrons. The molecule has 1 fully saturated rings. The predicted molar refractivity (Wildman–Crippen MR) is 60.6 cm³/mol. The van der Waals surface area contributed by atoms with Gasteiger partial charge in [-0.15, -0.1) is 12.4 Å². The maximum absolute atomic E-state index is 12.6. The topological polar surface area (TPSA) is 21.3 Å². The van der Waals surface area contributed by atoms with Gasteiger partial charge in [0.05, 0.1) is 0 Å². The molecule has 0 amide bonds. The van der Waals surface area contributed by atoms with Gasteiger partial charge in [-0.3, -0.25) is 0 Å². The molecule has 0 bridgehead atoms. The van der Waals surface area contributed by atoms with E-state index in [9.17, 15) is 17.6 Å². The Morgan fingerprint density at radius 3 is 2.17 bits per heavy atom. The van der Waals surface area contributed by atoms with E-state index in [2.05, 4.69) is 10.1 Å². The number of ether oxygens (including phenoxy) is 1. The van der Waals surface area contributed by atoms with Crippen molar-refractivity contribution in [2.45, 2.75) is 25.0 Å². The van der Waals surface area contributed by atoms with Gasteiger partial charge in [0.2, 0.25) is 0 Å². The summed E-state index contributed by atoms with van der Waals surface area (Å²) in [6, 6.07) is 5.94. The molecule has 1 saturated heterocycles. The first kappa shape index (κ1) is 15.0. The standard InChI is InChI=1S/C11H11F4NO.ClH/c12-10(13)11(14,15)17-8-3-1-7(2-4-8)9-5-6-16-9;/h1-4,9-10,16H,5-6H2;1H/t9-;/m0./s1. The number of halogens is 5.